The smallest absolute Gasteiger partial charge is 0.408 e. The lowest BCUT2D eigenvalue weighted by Crippen LogP contribution is -2.55. The van der Waals surface area contributed by atoms with E-state index >= 15 is 0 Å². The van der Waals surface area contributed by atoms with Gasteiger partial charge in [0.05, 0.1) is 25.9 Å². The van der Waals surface area contributed by atoms with Gasteiger partial charge in [0.1, 0.15) is 18.0 Å². The molecule has 1 aliphatic heterocycles. The van der Waals surface area contributed by atoms with Crippen LogP contribution in [0.15, 0.2) is 35.1 Å². The van der Waals surface area contributed by atoms with Crippen LogP contribution in [0.25, 0.3) is 0 Å². The molecule has 1 fully saturated rings. The number of esters is 1. The Morgan fingerprint density at radius 3 is 2.69 bits per heavy atom. The summed E-state index contributed by atoms with van der Waals surface area (Å²) < 4.78 is 15.8. The molecule has 2 heterocycles. The van der Waals surface area contributed by atoms with E-state index in [2.05, 4.69) is 15.3 Å². The number of H-pyrrole nitrogens is 1. The van der Waals surface area contributed by atoms with Gasteiger partial charge in [-0.2, -0.15) is 0 Å². The van der Waals surface area contributed by atoms with E-state index in [4.69, 9.17) is 14.2 Å². The minimum atomic E-state index is -1.37. The molecule has 0 saturated carbocycles. The highest BCUT2D eigenvalue weighted by Gasteiger charge is 2.43. The zero-order valence-corrected chi connectivity index (χ0v) is 17.5. The number of aromatic amines is 1. The number of carbonyl (C=O) groups is 2. The Labute approximate surface area is 183 Å². The molecule has 2 atom stereocenters. The van der Waals surface area contributed by atoms with Crippen molar-refractivity contribution in [1.82, 2.24) is 15.3 Å². The Morgan fingerprint density at radius 2 is 2.06 bits per heavy atom. The average molecular weight is 447 g/mol. The Bertz CT molecular complexity index is 1000. The number of rotatable bonds is 7. The second-order valence-corrected chi connectivity index (χ2v) is 7.26. The van der Waals surface area contributed by atoms with E-state index in [1.54, 1.807) is 19.1 Å². The zero-order valence-electron chi connectivity index (χ0n) is 17.5. The Balaban J connectivity index is 1.89. The fourth-order valence-electron chi connectivity index (χ4n) is 3.30. The van der Waals surface area contributed by atoms with Crippen molar-refractivity contribution in [3.8, 4) is 5.75 Å². The lowest BCUT2D eigenvalue weighted by atomic mass is 9.89. The van der Waals surface area contributed by atoms with Crippen LogP contribution in [0.3, 0.4) is 0 Å². The normalized spacial score (nSPS) is 20.4. The molecule has 32 heavy (non-hydrogen) atoms. The highest BCUT2D eigenvalue weighted by atomic mass is 16.6. The van der Waals surface area contributed by atoms with Crippen LogP contribution in [0.1, 0.15) is 41.6 Å². The van der Waals surface area contributed by atoms with Crippen molar-refractivity contribution in [1.29, 1.82) is 0 Å². The van der Waals surface area contributed by atoms with Crippen LogP contribution >= 0.6 is 0 Å². The van der Waals surface area contributed by atoms with E-state index in [0.717, 1.165) is 5.56 Å². The third-order valence-corrected chi connectivity index (χ3v) is 5.03. The summed E-state index contributed by atoms with van der Waals surface area (Å²) in [6.45, 7) is 1.21. The molecule has 4 N–H and O–H groups in total. The zero-order chi connectivity index (χ0) is 23.1. The summed E-state index contributed by atoms with van der Waals surface area (Å²) in [4.78, 5) is 43.5. The summed E-state index contributed by atoms with van der Waals surface area (Å²) in [5.41, 5.74) is -2.14. The van der Waals surface area contributed by atoms with Gasteiger partial charge in [0.15, 0.2) is 5.69 Å². The number of ether oxygens (including phenoxy) is 3. The molecule has 0 radical (unpaired) electrons. The van der Waals surface area contributed by atoms with Gasteiger partial charge in [0, 0.05) is 0 Å². The number of benzene rings is 1. The molecule has 1 amide bonds. The van der Waals surface area contributed by atoms with E-state index in [1.807, 2.05) is 18.2 Å². The molecular weight excluding hydrogens is 422 g/mol. The van der Waals surface area contributed by atoms with E-state index in [1.165, 1.54) is 0 Å². The first kappa shape index (κ1) is 23.2. The molecule has 3 rings (SSSR count). The van der Waals surface area contributed by atoms with Gasteiger partial charge < -0.3 is 34.7 Å². The molecule has 2 aromatic rings. The average Bonchev–Trinajstić information content (AvgIpc) is 2.80. The second-order valence-electron chi connectivity index (χ2n) is 7.26. The molecule has 172 valence electrons. The molecule has 0 aliphatic carbocycles. The van der Waals surface area contributed by atoms with Gasteiger partial charge >= 0.3 is 12.1 Å². The minimum Gasteiger partial charge on any atom is -0.501 e. The van der Waals surface area contributed by atoms with Crippen molar-refractivity contribution in [2.45, 2.75) is 38.0 Å². The predicted octanol–water partition coefficient (Wildman–Crippen LogP) is 0.945. The molecular formula is C21H25N3O8. The van der Waals surface area contributed by atoms with Crippen LogP contribution in [0.2, 0.25) is 0 Å². The summed E-state index contributed by atoms with van der Waals surface area (Å²) in [5.74, 6) is -1.97. The lowest BCUT2D eigenvalue weighted by Gasteiger charge is -2.39. The SMILES string of the molecule is CCOC(=O)c1nc([C@]2(NC(=O)OCc3ccccc3)CC[C@H](CO)OC2)[nH]c(=O)c1O. The maximum absolute atomic E-state index is 12.6. The van der Waals surface area contributed by atoms with E-state index in [9.17, 15) is 24.6 Å². The van der Waals surface area contributed by atoms with Gasteiger partial charge in [0.2, 0.25) is 5.75 Å². The standard InChI is InChI=1S/C21H25N3O8/c1-2-30-18(28)15-16(26)17(27)23-19(22-15)21(9-8-14(10-25)32-12-21)24-20(29)31-11-13-6-4-3-5-7-13/h3-7,14,25-26H,2,8-12H2,1H3,(H,24,29)(H,22,23,27)/t14-,21+/m1/s1. The fourth-order valence-corrected chi connectivity index (χ4v) is 3.30. The number of aromatic nitrogens is 2. The molecule has 11 heteroatoms. The summed E-state index contributed by atoms with van der Waals surface area (Å²) in [6, 6.07) is 9.05. The van der Waals surface area contributed by atoms with Crippen molar-refractivity contribution in [2.75, 3.05) is 19.8 Å². The van der Waals surface area contributed by atoms with Gasteiger partial charge in [-0.15, -0.1) is 0 Å². The van der Waals surface area contributed by atoms with Crippen molar-refractivity contribution >= 4 is 12.1 Å². The number of hydrogen-bond acceptors (Lipinski definition) is 9. The quantitative estimate of drug-likeness (QED) is 0.453. The maximum Gasteiger partial charge on any atom is 0.408 e. The van der Waals surface area contributed by atoms with Gasteiger partial charge in [-0.25, -0.2) is 14.6 Å². The van der Waals surface area contributed by atoms with E-state index in [-0.39, 0.29) is 38.7 Å². The van der Waals surface area contributed by atoms with Crippen LogP contribution in [0.5, 0.6) is 5.75 Å². The monoisotopic (exact) mass is 447 g/mol. The Kier molecular flexibility index (Phi) is 7.44. The van der Waals surface area contributed by atoms with Gasteiger partial charge in [0.25, 0.3) is 5.56 Å². The van der Waals surface area contributed by atoms with Crippen LogP contribution in [-0.2, 0) is 26.4 Å². The van der Waals surface area contributed by atoms with Gasteiger partial charge in [-0.3, -0.25) is 4.79 Å². The van der Waals surface area contributed by atoms with Crippen molar-refractivity contribution < 1.29 is 34.0 Å². The lowest BCUT2D eigenvalue weighted by molar-refractivity contribution is -0.0655. The van der Waals surface area contributed by atoms with E-state index in [0.29, 0.717) is 6.42 Å². The highest BCUT2D eigenvalue weighted by Crippen LogP contribution is 2.31. The third kappa shape index (κ3) is 5.24. The molecule has 11 nitrogen and oxygen atoms in total. The largest absolute Gasteiger partial charge is 0.501 e. The molecule has 1 saturated heterocycles. The molecule has 1 aromatic carbocycles. The van der Waals surface area contributed by atoms with Crippen LogP contribution < -0.4 is 10.9 Å². The molecule has 1 aliphatic rings. The van der Waals surface area contributed by atoms with Crippen LogP contribution in [0.4, 0.5) is 4.79 Å². The Hall–Kier alpha value is -3.44. The first-order chi connectivity index (χ1) is 15.4. The third-order valence-electron chi connectivity index (χ3n) is 5.03. The molecule has 0 bridgehead atoms. The topological polar surface area (TPSA) is 160 Å². The van der Waals surface area contributed by atoms with E-state index < -0.39 is 40.7 Å². The summed E-state index contributed by atoms with van der Waals surface area (Å²) in [5, 5.41) is 22.0. The van der Waals surface area contributed by atoms with Crippen molar-refractivity contribution in [3.05, 3.63) is 57.8 Å². The molecule has 0 spiro atoms. The predicted molar refractivity (Wildman–Crippen MR) is 110 cm³/mol. The second kappa shape index (κ2) is 10.2. The summed E-state index contributed by atoms with van der Waals surface area (Å²) in [6.07, 6.45) is -0.712. The van der Waals surface area contributed by atoms with Gasteiger partial charge in [-0.05, 0) is 25.3 Å². The minimum absolute atomic E-state index is 0.0104. The number of aliphatic hydroxyl groups is 1. The number of hydrogen-bond donors (Lipinski definition) is 4. The number of aliphatic hydroxyl groups excluding tert-OH is 1. The number of aromatic hydroxyl groups is 1. The Morgan fingerprint density at radius 1 is 1.31 bits per heavy atom. The number of amides is 1. The molecule has 1 aromatic heterocycles. The summed E-state index contributed by atoms with van der Waals surface area (Å²) >= 11 is 0. The number of alkyl carbamates (subject to hydrolysis) is 1. The van der Waals surface area contributed by atoms with Gasteiger partial charge in [-0.1, -0.05) is 30.3 Å². The highest BCUT2D eigenvalue weighted by molar-refractivity contribution is 5.90. The van der Waals surface area contributed by atoms with Crippen LogP contribution in [-0.4, -0.2) is 58.2 Å². The summed E-state index contributed by atoms with van der Waals surface area (Å²) in [7, 11) is 0. The van der Waals surface area contributed by atoms with Crippen molar-refractivity contribution in [2.24, 2.45) is 0 Å². The number of carbonyl (C=O) groups excluding carboxylic acids is 2. The number of nitrogens with zero attached hydrogens (tertiary/aromatic N) is 1. The molecule has 0 unspecified atom stereocenters. The van der Waals surface area contributed by atoms with Crippen molar-refractivity contribution in [3.63, 3.8) is 0 Å². The van der Waals surface area contributed by atoms with Crippen LogP contribution in [0, 0.1) is 0 Å². The first-order valence-electron chi connectivity index (χ1n) is 10.1. The maximum atomic E-state index is 12.6. The first-order valence-corrected chi connectivity index (χ1v) is 10.1. The number of nitrogens with one attached hydrogen (secondary N) is 2. The fraction of sp³-hybridized carbons (Fsp3) is 0.429.